The van der Waals surface area contributed by atoms with Gasteiger partial charge < -0.3 is 15.5 Å². The van der Waals surface area contributed by atoms with Gasteiger partial charge in [0.25, 0.3) is 10.0 Å². The molecule has 2 aromatic rings. The third-order valence-electron chi connectivity index (χ3n) is 4.65. The summed E-state index contributed by atoms with van der Waals surface area (Å²) in [6.07, 6.45) is 0. The van der Waals surface area contributed by atoms with Crippen molar-refractivity contribution in [1.29, 1.82) is 0 Å². The van der Waals surface area contributed by atoms with E-state index in [4.69, 9.17) is 17.3 Å². The fourth-order valence-electron chi connectivity index (χ4n) is 3.04. The number of nitrogens with two attached hydrogens (primary N) is 1. The number of nitrogens with zero attached hydrogens (tertiary/aromatic N) is 3. The number of aryl methyl sites for hydroxylation is 2. The van der Waals surface area contributed by atoms with Gasteiger partial charge in [-0.2, -0.15) is 8.42 Å². The van der Waals surface area contributed by atoms with Gasteiger partial charge in [-0.1, -0.05) is 35.4 Å². The van der Waals surface area contributed by atoms with Crippen LogP contribution >= 0.6 is 11.6 Å². The van der Waals surface area contributed by atoms with Crippen molar-refractivity contribution in [3.05, 3.63) is 58.6 Å². The highest BCUT2D eigenvalue weighted by molar-refractivity contribution is 7.90. The van der Waals surface area contributed by atoms with E-state index in [-0.39, 0.29) is 10.9 Å². The first-order valence-corrected chi connectivity index (χ1v) is 10.5. The van der Waals surface area contributed by atoms with Crippen LogP contribution in [0.4, 0.5) is 5.69 Å². The van der Waals surface area contributed by atoms with Crippen molar-refractivity contribution in [3.63, 3.8) is 0 Å². The minimum absolute atomic E-state index is 0.0260. The lowest BCUT2D eigenvalue weighted by Gasteiger charge is -2.37. The molecule has 0 unspecified atom stereocenters. The number of benzene rings is 2. The summed E-state index contributed by atoms with van der Waals surface area (Å²) >= 11 is 6.11. The van der Waals surface area contributed by atoms with Crippen LogP contribution in [0.25, 0.3) is 0 Å². The van der Waals surface area contributed by atoms with Crippen LogP contribution in [0.15, 0.2) is 51.8 Å². The maximum Gasteiger partial charge on any atom is 0.285 e. The predicted molar refractivity (Wildman–Crippen MR) is 110 cm³/mol. The maximum atomic E-state index is 12.4. The average Bonchev–Trinajstić information content (AvgIpc) is 2.64. The molecule has 2 N–H and O–H groups in total. The molecule has 8 heteroatoms. The van der Waals surface area contributed by atoms with Gasteiger partial charge in [0.05, 0.1) is 4.90 Å². The zero-order chi connectivity index (χ0) is 19.6. The van der Waals surface area contributed by atoms with Gasteiger partial charge in [0.2, 0.25) is 5.96 Å². The standard InChI is InChI=1S/C19H23ClN4O2S/c1-14-3-7-17(8-4-14)27(25,26)22-19(21)24-11-9-23(10-12-24)18-13-16(20)6-5-15(18)2/h3-8,13H,9-12H2,1-2H3,(H2,21,22). The second-order valence-electron chi connectivity index (χ2n) is 6.64. The summed E-state index contributed by atoms with van der Waals surface area (Å²) in [7, 11) is -3.81. The van der Waals surface area contributed by atoms with E-state index >= 15 is 0 Å². The molecule has 0 bridgehead atoms. The number of anilines is 1. The Hall–Kier alpha value is -2.25. The number of sulfonamides is 1. The first-order chi connectivity index (χ1) is 12.8. The lowest BCUT2D eigenvalue weighted by Crippen LogP contribution is -2.51. The zero-order valence-corrected chi connectivity index (χ0v) is 17.0. The third-order valence-corrected chi connectivity index (χ3v) is 6.18. The molecule has 2 aromatic carbocycles. The number of piperazine rings is 1. The van der Waals surface area contributed by atoms with Crippen LogP contribution in [0.1, 0.15) is 11.1 Å². The van der Waals surface area contributed by atoms with Crippen molar-refractivity contribution >= 4 is 33.3 Å². The van der Waals surface area contributed by atoms with E-state index in [0.29, 0.717) is 31.2 Å². The molecule has 1 aliphatic rings. The smallest absolute Gasteiger partial charge is 0.285 e. The minimum atomic E-state index is -3.81. The van der Waals surface area contributed by atoms with Crippen LogP contribution in [-0.2, 0) is 10.0 Å². The fraction of sp³-hybridized carbons (Fsp3) is 0.316. The molecule has 1 fully saturated rings. The van der Waals surface area contributed by atoms with Gasteiger partial charge in [-0.15, -0.1) is 4.40 Å². The van der Waals surface area contributed by atoms with E-state index in [1.807, 2.05) is 32.0 Å². The van der Waals surface area contributed by atoms with E-state index in [0.717, 1.165) is 16.8 Å². The Balaban J connectivity index is 1.71. The molecule has 0 aromatic heterocycles. The number of guanidine groups is 1. The highest BCUT2D eigenvalue weighted by atomic mass is 35.5. The van der Waals surface area contributed by atoms with E-state index < -0.39 is 10.0 Å². The number of hydrogen-bond donors (Lipinski definition) is 1. The topological polar surface area (TPSA) is 79.0 Å². The molecule has 3 rings (SSSR count). The van der Waals surface area contributed by atoms with Crippen molar-refractivity contribution in [3.8, 4) is 0 Å². The monoisotopic (exact) mass is 406 g/mol. The van der Waals surface area contributed by atoms with Crippen LogP contribution in [0, 0.1) is 13.8 Å². The van der Waals surface area contributed by atoms with Gasteiger partial charge in [-0.3, -0.25) is 0 Å². The van der Waals surface area contributed by atoms with Crippen molar-refractivity contribution in [2.24, 2.45) is 10.1 Å². The Morgan fingerprint density at radius 3 is 2.30 bits per heavy atom. The largest absolute Gasteiger partial charge is 0.369 e. The minimum Gasteiger partial charge on any atom is -0.369 e. The summed E-state index contributed by atoms with van der Waals surface area (Å²) in [5.74, 6) is 0.0260. The number of halogens is 1. The SMILES string of the molecule is Cc1ccc(S(=O)(=O)N=C(N)N2CCN(c3cc(Cl)ccc3C)CC2)cc1. The van der Waals surface area contributed by atoms with Gasteiger partial charge in [0, 0.05) is 36.9 Å². The Labute approximate surface area is 165 Å². The van der Waals surface area contributed by atoms with Gasteiger partial charge in [-0.05, 0) is 43.7 Å². The number of hydrogen-bond acceptors (Lipinski definition) is 3. The highest BCUT2D eigenvalue weighted by Gasteiger charge is 2.22. The molecule has 1 saturated heterocycles. The van der Waals surface area contributed by atoms with E-state index in [9.17, 15) is 8.42 Å². The summed E-state index contributed by atoms with van der Waals surface area (Å²) in [6, 6.07) is 12.4. The summed E-state index contributed by atoms with van der Waals surface area (Å²) in [6.45, 7) is 6.54. The third kappa shape index (κ3) is 4.54. The van der Waals surface area contributed by atoms with E-state index in [1.54, 1.807) is 29.2 Å². The van der Waals surface area contributed by atoms with Gasteiger partial charge in [0.1, 0.15) is 0 Å². The Bertz CT molecular complexity index is 950. The predicted octanol–water partition coefficient (Wildman–Crippen LogP) is 2.78. The molecule has 0 spiro atoms. The van der Waals surface area contributed by atoms with Crippen molar-refractivity contribution < 1.29 is 8.42 Å². The van der Waals surface area contributed by atoms with Gasteiger partial charge in [0.15, 0.2) is 0 Å². The summed E-state index contributed by atoms with van der Waals surface area (Å²) in [5, 5.41) is 0.697. The Kier molecular flexibility index (Phi) is 5.62. The first-order valence-electron chi connectivity index (χ1n) is 8.69. The van der Waals surface area contributed by atoms with Crippen LogP contribution < -0.4 is 10.6 Å². The van der Waals surface area contributed by atoms with Gasteiger partial charge >= 0.3 is 0 Å². The van der Waals surface area contributed by atoms with Crippen LogP contribution in [0.5, 0.6) is 0 Å². The van der Waals surface area contributed by atoms with E-state index in [1.165, 1.54) is 0 Å². The second-order valence-corrected chi connectivity index (χ2v) is 8.68. The number of rotatable bonds is 3. The molecule has 6 nitrogen and oxygen atoms in total. The molecular weight excluding hydrogens is 384 g/mol. The molecule has 1 aliphatic heterocycles. The van der Waals surface area contributed by atoms with Crippen molar-refractivity contribution in [2.45, 2.75) is 18.7 Å². The highest BCUT2D eigenvalue weighted by Crippen LogP contribution is 2.25. The summed E-state index contributed by atoms with van der Waals surface area (Å²) < 4.78 is 28.7. The molecular formula is C19H23ClN4O2S. The Morgan fingerprint density at radius 1 is 1.04 bits per heavy atom. The van der Waals surface area contributed by atoms with E-state index in [2.05, 4.69) is 9.30 Å². The molecule has 144 valence electrons. The quantitative estimate of drug-likeness (QED) is 0.626. The lowest BCUT2D eigenvalue weighted by atomic mass is 10.1. The lowest BCUT2D eigenvalue weighted by molar-refractivity contribution is 0.382. The zero-order valence-electron chi connectivity index (χ0n) is 15.4. The normalized spacial score (nSPS) is 15.9. The van der Waals surface area contributed by atoms with Gasteiger partial charge in [-0.25, -0.2) is 0 Å². The van der Waals surface area contributed by atoms with Crippen molar-refractivity contribution in [1.82, 2.24) is 4.90 Å². The molecule has 0 amide bonds. The molecule has 1 heterocycles. The summed E-state index contributed by atoms with van der Waals surface area (Å²) in [4.78, 5) is 4.16. The average molecular weight is 407 g/mol. The maximum absolute atomic E-state index is 12.4. The van der Waals surface area contributed by atoms with Crippen molar-refractivity contribution in [2.75, 3.05) is 31.1 Å². The fourth-order valence-corrected chi connectivity index (χ4v) is 4.16. The molecule has 27 heavy (non-hydrogen) atoms. The second kappa shape index (κ2) is 7.78. The van der Waals surface area contributed by atoms with Crippen LogP contribution in [-0.4, -0.2) is 45.5 Å². The Morgan fingerprint density at radius 2 is 1.67 bits per heavy atom. The summed E-state index contributed by atoms with van der Waals surface area (Å²) in [5.41, 5.74) is 9.22. The van der Waals surface area contributed by atoms with Crippen LogP contribution in [0.2, 0.25) is 5.02 Å². The van der Waals surface area contributed by atoms with Crippen LogP contribution in [0.3, 0.4) is 0 Å². The molecule has 0 aliphatic carbocycles. The first kappa shape index (κ1) is 19.5. The molecule has 0 radical (unpaired) electrons. The molecule has 0 saturated carbocycles. The molecule has 0 atom stereocenters.